The first-order valence-electron chi connectivity index (χ1n) is 8.43. The number of carbonyl (C=O) groups is 1. The van der Waals surface area contributed by atoms with Crippen molar-refractivity contribution < 1.29 is 13.2 Å². The van der Waals surface area contributed by atoms with E-state index in [9.17, 15) is 13.2 Å². The number of nitrogens with zero attached hydrogens (tertiary/aromatic N) is 4. The standard InChI is InChI=1S/C17H20N4O3S/c1-12-18-19-16-9-14(7-8-20(12)16)17(22)21-10-15(11-25(21,23)24)13-5-3-2-4-6-13/h2-6,14-15H,7-11H2,1H3. The first kappa shape index (κ1) is 16.3. The van der Waals surface area contributed by atoms with Gasteiger partial charge in [0.15, 0.2) is 0 Å². The Bertz CT molecular complexity index is 907. The summed E-state index contributed by atoms with van der Waals surface area (Å²) in [5.74, 6) is 0.776. The van der Waals surface area contributed by atoms with E-state index in [1.165, 1.54) is 0 Å². The van der Waals surface area contributed by atoms with Crippen LogP contribution in [-0.4, -0.2) is 45.7 Å². The molecule has 1 saturated heterocycles. The highest BCUT2D eigenvalue weighted by molar-refractivity contribution is 7.89. The van der Waals surface area contributed by atoms with Gasteiger partial charge in [0.05, 0.1) is 5.75 Å². The van der Waals surface area contributed by atoms with Gasteiger partial charge in [-0.3, -0.25) is 4.79 Å². The number of aryl methyl sites for hydroxylation is 1. The molecule has 2 aliphatic heterocycles. The third-order valence-electron chi connectivity index (χ3n) is 5.14. The molecule has 2 atom stereocenters. The highest BCUT2D eigenvalue weighted by Gasteiger charge is 2.43. The highest BCUT2D eigenvalue weighted by Crippen LogP contribution is 2.31. The first-order valence-corrected chi connectivity index (χ1v) is 10.0. The van der Waals surface area contributed by atoms with Gasteiger partial charge in [-0.1, -0.05) is 30.3 Å². The molecule has 7 nitrogen and oxygen atoms in total. The third kappa shape index (κ3) is 2.84. The Hall–Kier alpha value is -2.22. The maximum absolute atomic E-state index is 12.9. The van der Waals surface area contributed by atoms with Gasteiger partial charge in [0, 0.05) is 31.3 Å². The van der Waals surface area contributed by atoms with E-state index in [-0.39, 0.29) is 30.0 Å². The van der Waals surface area contributed by atoms with Gasteiger partial charge >= 0.3 is 0 Å². The minimum atomic E-state index is -3.56. The monoisotopic (exact) mass is 360 g/mol. The minimum Gasteiger partial charge on any atom is -0.315 e. The van der Waals surface area contributed by atoms with E-state index < -0.39 is 10.0 Å². The first-order chi connectivity index (χ1) is 12.0. The topological polar surface area (TPSA) is 85.2 Å². The van der Waals surface area contributed by atoms with Crippen LogP contribution < -0.4 is 0 Å². The smallest absolute Gasteiger partial charge is 0.239 e. The Morgan fingerprint density at radius 1 is 1.20 bits per heavy atom. The van der Waals surface area contributed by atoms with Crippen molar-refractivity contribution in [2.75, 3.05) is 12.3 Å². The molecule has 4 rings (SSSR count). The SMILES string of the molecule is Cc1nnc2n1CCC(C(=O)N1CC(c3ccccc3)CS1(=O)=O)C2. The summed E-state index contributed by atoms with van der Waals surface area (Å²) in [6, 6.07) is 9.52. The zero-order valence-electron chi connectivity index (χ0n) is 14.0. The van der Waals surface area contributed by atoms with Gasteiger partial charge in [-0.15, -0.1) is 10.2 Å². The maximum atomic E-state index is 12.9. The summed E-state index contributed by atoms with van der Waals surface area (Å²) in [6.07, 6.45) is 1.06. The number of hydrogen-bond acceptors (Lipinski definition) is 5. The molecule has 0 bridgehead atoms. The van der Waals surface area contributed by atoms with Crippen LogP contribution in [0.3, 0.4) is 0 Å². The number of carbonyl (C=O) groups excluding carboxylic acids is 1. The fraction of sp³-hybridized carbons (Fsp3) is 0.471. The van der Waals surface area contributed by atoms with Crippen LogP contribution in [0.25, 0.3) is 0 Å². The Balaban J connectivity index is 1.54. The molecule has 1 aromatic heterocycles. The van der Waals surface area contributed by atoms with Gasteiger partial charge < -0.3 is 4.57 Å². The summed E-state index contributed by atoms with van der Waals surface area (Å²) in [7, 11) is -3.56. The lowest BCUT2D eigenvalue weighted by Crippen LogP contribution is -2.40. The minimum absolute atomic E-state index is 0.00916. The molecule has 3 heterocycles. The fourth-order valence-electron chi connectivity index (χ4n) is 3.75. The quantitative estimate of drug-likeness (QED) is 0.801. The molecule has 132 valence electrons. The Morgan fingerprint density at radius 3 is 2.72 bits per heavy atom. The van der Waals surface area contributed by atoms with Crippen molar-refractivity contribution in [2.24, 2.45) is 5.92 Å². The van der Waals surface area contributed by atoms with E-state index in [4.69, 9.17) is 0 Å². The van der Waals surface area contributed by atoms with Gasteiger partial charge in [-0.2, -0.15) is 0 Å². The molecule has 2 aromatic rings. The molecule has 0 saturated carbocycles. The van der Waals surface area contributed by atoms with E-state index in [2.05, 4.69) is 10.2 Å². The number of rotatable bonds is 2. The average Bonchev–Trinajstić information content (AvgIpc) is 3.14. The van der Waals surface area contributed by atoms with Gasteiger partial charge in [-0.05, 0) is 18.9 Å². The highest BCUT2D eigenvalue weighted by atomic mass is 32.2. The molecular weight excluding hydrogens is 340 g/mol. The second-order valence-corrected chi connectivity index (χ2v) is 8.70. The van der Waals surface area contributed by atoms with Crippen molar-refractivity contribution in [2.45, 2.75) is 32.2 Å². The lowest BCUT2D eigenvalue weighted by Gasteiger charge is -2.26. The molecule has 1 amide bonds. The number of aromatic nitrogens is 3. The maximum Gasteiger partial charge on any atom is 0.239 e. The number of sulfonamides is 1. The predicted octanol–water partition coefficient (Wildman–Crippen LogP) is 1.10. The van der Waals surface area contributed by atoms with Crippen LogP contribution >= 0.6 is 0 Å². The largest absolute Gasteiger partial charge is 0.315 e. The number of amides is 1. The summed E-state index contributed by atoms with van der Waals surface area (Å²) < 4.78 is 28.2. The van der Waals surface area contributed by atoms with Crippen molar-refractivity contribution >= 4 is 15.9 Å². The van der Waals surface area contributed by atoms with E-state index in [1.807, 2.05) is 41.8 Å². The zero-order valence-corrected chi connectivity index (χ0v) is 14.8. The van der Waals surface area contributed by atoms with Crippen molar-refractivity contribution in [3.8, 4) is 0 Å². The van der Waals surface area contributed by atoms with Crippen LogP contribution in [0.4, 0.5) is 0 Å². The second-order valence-electron chi connectivity index (χ2n) is 6.76. The van der Waals surface area contributed by atoms with Crippen molar-refractivity contribution in [1.29, 1.82) is 0 Å². The molecule has 0 N–H and O–H groups in total. The molecule has 0 spiro atoms. The number of benzene rings is 1. The van der Waals surface area contributed by atoms with Crippen LogP contribution in [0.2, 0.25) is 0 Å². The van der Waals surface area contributed by atoms with Gasteiger partial charge in [0.25, 0.3) is 0 Å². The molecule has 2 aliphatic rings. The van der Waals surface area contributed by atoms with E-state index in [0.29, 0.717) is 19.4 Å². The normalized spacial score (nSPS) is 24.9. The third-order valence-corrected chi connectivity index (χ3v) is 6.97. The van der Waals surface area contributed by atoms with Crippen LogP contribution in [-0.2, 0) is 27.8 Å². The molecule has 25 heavy (non-hydrogen) atoms. The fourth-order valence-corrected chi connectivity index (χ4v) is 5.57. The number of fused-ring (bicyclic) bond motifs is 1. The lowest BCUT2D eigenvalue weighted by atomic mass is 9.96. The lowest BCUT2D eigenvalue weighted by molar-refractivity contribution is -0.131. The van der Waals surface area contributed by atoms with E-state index in [1.54, 1.807) is 0 Å². The van der Waals surface area contributed by atoms with Crippen molar-refractivity contribution in [3.63, 3.8) is 0 Å². The van der Waals surface area contributed by atoms with Crippen LogP contribution in [0.1, 0.15) is 29.6 Å². The number of hydrogen-bond donors (Lipinski definition) is 0. The van der Waals surface area contributed by atoms with Gasteiger partial charge in [0.2, 0.25) is 15.9 Å². The van der Waals surface area contributed by atoms with Crippen molar-refractivity contribution in [3.05, 3.63) is 47.5 Å². The second kappa shape index (κ2) is 5.94. The molecule has 1 fully saturated rings. The molecule has 8 heteroatoms. The summed E-state index contributed by atoms with van der Waals surface area (Å²) in [4.78, 5) is 12.9. The van der Waals surface area contributed by atoms with Gasteiger partial charge in [-0.25, -0.2) is 12.7 Å². The molecule has 2 unspecified atom stereocenters. The summed E-state index contributed by atoms with van der Waals surface area (Å²) in [6.45, 7) is 2.77. The summed E-state index contributed by atoms with van der Waals surface area (Å²) in [5, 5.41) is 8.15. The average molecular weight is 360 g/mol. The Morgan fingerprint density at radius 2 is 1.96 bits per heavy atom. The molecule has 0 radical (unpaired) electrons. The molecule has 0 aliphatic carbocycles. The Kier molecular flexibility index (Phi) is 3.87. The predicted molar refractivity (Wildman–Crippen MR) is 91.3 cm³/mol. The van der Waals surface area contributed by atoms with Crippen LogP contribution in [0, 0.1) is 12.8 Å². The summed E-state index contributed by atoms with van der Waals surface area (Å²) >= 11 is 0. The Labute approximate surface area is 146 Å². The van der Waals surface area contributed by atoms with Crippen LogP contribution in [0.5, 0.6) is 0 Å². The van der Waals surface area contributed by atoms with E-state index >= 15 is 0 Å². The zero-order chi connectivity index (χ0) is 17.6. The van der Waals surface area contributed by atoms with E-state index in [0.717, 1.165) is 21.5 Å². The summed E-state index contributed by atoms with van der Waals surface area (Å²) in [5.41, 5.74) is 0.959. The van der Waals surface area contributed by atoms with Crippen LogP contribution in [0.15, 0.2) is 30.3 Å². The molecule has 1 aromatic carbocycles. The van der Waals surface area contributed by atoms with Gasteiger partial charge in [0.1, 0.15) is 11.6 Å². The molecular formula is C17H20N4O3S. The van der Waals surface area contributed by atoms with Crippen molar-refractivity contribution in [1.82, 2.24) is 19.1 Å².